The average Bonchev–Trinajstić information content (AvgIpc) is 3.42. The highest BCUT2D eigenvalue weighted by molar-refractivity contribution is 8.18. The average molecular weight is 479 g/mol. The maximum Gasteiger partial charge on any atom is 0.371 e. The fourth-order valence-electron chi connectivity index (χ4n) is 3.21. The smallest absolute Gasteiger partial charge is 0.371 e. The Balaban J connectivity index is 1.49. The van der Waals surface area contributed by atoms with Gasteiger partial charge in [-0.05, 0) is 78.7 Å². The molecule has 1 saturated heterocycles. The highest BCUT2D eigenvalue weighted by Crippen LogP contribution is 2.33. The normalized spacial score (nSPS) is 15.6. The number of aliphatic imine (C=N–C) groups is 1. The van der Waals surface area contributed by atoms with Crippen LogP contribution >= 0.6 is 11.8 Å². The predicted octanol–water partition coefficient (Wildman–Crippen LogP) is 5.07. The maximum atomic E-state index is 12.5. The number of thioether (sulfide) groups is 1. The third-order valence-electron chi connectivity index (χ3n) is 5.18. The number of carboxylic acids is 1. The van der Waals surface area contributed by atoms with Crippen LogP contribution in [0.1, 0.15) is 33.0 Å². The number of hydrogen-bond donors (Lipinski definition) is 2. The maximum absolute atomic E-state index is 12.5. The van der Waals surface area contributed by atoms with Crippen molar-refractivity contribution < 1.29 is 28.6 Å². The van der Waals surface area contributed by atoms with Crippen LogP contribution in [0.5, 0.6) is 11.5 Å². The Hall–Kier alpha value is -3.98. The molecule has 0 spiro atoms. The van der Waals surface area contributed by atoms with E-state index in [4.69, 9.17) is 19.0 Å². The largest absolute Gasteiger partial charge is 0.493 e. The zero-order chi connectivity index (χ0) is 24.2. The van der Waals surface area contributed by atoms with Crippen molar-refractivity contribution in [2.45, 2.75) is 20.5 Å². The number of rotatable bonds is 7. The fourth-order valence-corrected chi connectivity index (χ4v) is 4.05. The Morgan fingerprint density at radius 2 is 2.00 bits per heavy atom. The van der Waals surface area contributed by atoms with Gasteiger partial charge in [-0.3, -0.25) is 4.79 Å². The summed E-state index contributed by atoms with van der Waals surface area (Å²) >= 11 is 1.27. The van der Waals surface area contributed by atoms with Crippen LogP contribution in [-0.2, 0) is 11.4 Å². The van der Waals surface area contributed by atoms with Crippen molar-refractivity contribution in [3.8, 4) is 11.5 Å². The molecule has 0 radical (unpaired) electrons. The zero-order valence-electron chi connectivity index (χ0n) is 18.7. The Morgan fingerprint density at radius 1 is 1.18 bits per heavy atom. The van der Waals surface area contributed by atoms with Gasteiger partial charge >= 0.3 is 5.97 Å². The fraction of sp³-hybridized carbons (Fsp3) is 0.160. The van der Waals surface area contributed by atoms with E-state index >= 15 is 0 Å². The zero-order valence-corrected chi connectivity index (χ0v) is 19.6. The van der Waals surface area contributed by atoms with Gasteiger partial charge in [0.2, 0.25) is 5.76 Å². The summed E-state index contributed by atoms with van der Waals surface area (Å²) in [5.74, 6) is -0.219. The summed E-state index contributed by atoms with van der Waals surface area (Å²) < 4.78 is 16.3. The number of carboxylic acid groups (broad SMARTS) is 1. The van der Waals surface area contributed by atoms with Gasteiger partial charge in [-0.25, -0.2) is 9.79 Å². The van der Waals surface area contributed by atoms with Crippen LogP contribution < -0.4 is 14.8 Å². The molecule has 0 saturated carbocycles. The molecular weight excluding hydrogens is 456 g/mol. The number of nitrogens with zero attached hydrogens (tertiary/aromatic N) is 1. The van der Waals surface area contributed by atoms with E-state index in [0.717, 1.165) is 22.4 Å². The molecular formula is C25H22N2O6S. The highest BCUT2D eigenvalue weighted by Gasteiger charge is 2.24. The third kappa shape index (κ3) is 5.15. The van der Waals surface area contributed by atoms with E-state index in [2.05, 4.69) is 10.3 Å². The molecule has 0 atom stereocenters. The molecule has 4 rings (SSSR count). The topological polar surface area (TPSA) is 110 Å². The standard InChI is InChI=1S/C25H22N2O6S/c1-14-5-4-6-18(15(14)2)26-25-27-23(28)22(34-25)12-16-7-9-19(21(11-16)31-3)32-13-17-8-10-20(33-17)24(29)30/h4-12H,13H2,1-3H3,(H,29,30)(H,26,27,28). The number of nitrogens with one attached hydrogen (secondary N) is 1. The van der Waals surface area contributed by atoms with Crippen molar-refractivity contribution in [1.29, 1.82) is 0 Å². The van der Waals surface area contributed by atoms with Gasteiger partial charge < -0.3 is 24.3 Å². The Morgan fingerprint density at radius 3 is 2.74 bits per heavy atom. The molecule has 3 aromatic rings. The predicted molar refractivity (Wildman–Crippen MR) is 130 cm³/mol. The van der Waals surface area contributed by atoms with E-state index in [1.165, 1.54) is 24.9 Å². The van der Waals surface area contributed by atoms with Crippen molar-refractivity contribution >= 4 is 40.6 Å². The van der Waals surface area contributed by atoms with E-state index in [9.17, 15) is 9.59 Å². The van der Waals surface area contributed by atoms with E-state index in [1.807, 2.05) is 32.0 Å². The van der Waals surface area contributed by atoms with Gasteiger partial charge in [-0.1, -0.05) is 18.2 Å². The van der Waals surface area contributed by atoms with E-state index in [-0.39, 0.29) is 18.3 Å². The summed E-state index contributed by atoms with van der Waals surface area (Å²) in [5, 5.41) is 12.3. The molecule has 174 valence electrons. The summed E-state index contributed by atoms with van der Waals surface area (Å²) in [6, 6.07) is 14.1. The number of methoxy groups -OCH3 is 1. The minimum absolute atomic E-state index is 0.0422. The van der Waals surface area contributed by atoms with Crippen LogP contribution in [0.15, 0.2) is 62.8 Å². The van der Waals surface area contributed by atoms with Crippen LogP contribution in [0, 0.1) is 13.8 Å². The molecule has 2 aromatic carbocycles. The molecule has 8 nitrogen and oxygen atoms in total. The van der Waals surface area contributed by atoms with Gasteiger partial charge in [-0.15, -0.1) is 0 Å². The lowest BCUT2D eigenvalue weighted by atomic mass is 10.1. The number of aromatic carboxylic acids is 1. The summed E-state index contributed by atoms with van der Waals surface area (Å²) in [5.41, 5.74) is 3.77. The Bertz CT molecular complexity index is 1320. The second kappa shape index (κ2) is 9.88. The lowest BCUT2D eigenvalue weighted by molar-refractivity contribution is -0.115. The molecule has 0 unspecified atom stereocenters. The summed E-state index contributed by atoms with van der Waals surface area (Å²) in [4.78, 5) is 28.5. The number of ether oxygens (including phenoxy) is 2. The molecule has 1 amide bonds. The molecule has 9 heteroatoms. The van der Waals surface area contributed by atoms with Crippen molar-refractivity contribution in [1.82, 2.24) is 5.32 Å². The molecule has 2 heterocycles. The van der Waals surface area contributed by atoms with Crippen LogP contribution in [0.3, 0.4) is 0 Å². The minimum atomic E-state index is -1.14. The van der Waals surface area contributed by atoms with Crippen molar-refractivity contribution in [3.63, 3.8) is 0 Å². The van der Waals surface area contributed by atoms with Crippen LogP contribution in [0.4, 0.5) is 5.69 Å². The number of carbonyl (C=O) groups excluding carboxylic acids is 1. The second-order valence-corrected chi connectivity index (χ2v) is 8.50. The first kappa shape index (κ1) is 23.2. The van der Waals surface area contributed by atoms with Crippen LogP contribution in [0.2, 0.25) is 0 Å². The quantitative estimate of drug-likeness (QED) is 0.456. The number of benzene rings is 2. The number of amides is 1. The summed E-state index contributed by atoms with van der Waals surface area (Å²) in [7, 11) is 1.51. The van der Waals surface area contributed by atoms with Gasteiger partial charge in [0.15, 0.2) is 16.7 Å². The molecule has 1 aliphatic rings. The highest BCUT2D eigenvalue weighted by atomic mass is 32.2. The summed E-state index contributed by atoms with van der Waals surface area (Å²) in [6.45, 7) is 4.06. The number of aryl methyl sites for hydroxylation is 1. The third-order valence-corrected chi connectivity index (χ3v) is 6.09. The minimum Gasteiger partial charge on any atom is -0.493 e. The van der Waals surface area contributed by atoms with Crippen LogP contribution in [-0.4, -0.2) is 29.3 Å². The Kier molecular flexibility index (Phi) is 6.74. The molecule has 1 aromatic heterocycles. The van der Waals surface area contributed by atoms with Crippen LogP contribution in [0.25, 0.3) is 6.08 Å². The number of amidine groups is 1. The van der Waals surface area contributed by atoms with Crippen molar-refractivity contribution in [3.05, 3.63) is 81.6 Å². The van der Waals surface area contributed by atoms with Crippen molar-refractivity contribution in [2.75, 3.05) is 7.11 Å². The van der Waals surface area contributed by atoms with E-state index < -0.39 is 5.97 Å². The molecule has 0 aliphatic carbocycles. The van der Waals surface area contributed by atoms with Gasteiger partial charge in [0.1, 0.15) is 12.4 Å². The Labute approximate surface area is 200 Å². The molecule has 0 bridgehead atoms. The van der Waals surface area contributed by atoms with Gasteiger partial charge in [0.05, 0.1) is 17.7 Å². The monoisotopic (exact) mass is 478 g/mol. The first-order valence-corrected chi connectivity index (χ1v) is 11.1. The lowest BCUT2D eigenvalue weighted by Crippen LogP contribution is -2.19. The first-order chi connectivity index (χ1) is 16.3. The molecule has 34 heavy (non-hydrogen) atoms. The molecule has 1 aliphatic heterocycles. The van der Waals surface area contributed by atoms with E-state index in [0.29, 0.717) is 27.3 Å². The summed E-state index contributed by atoms with van der Waals surface area (Å²) in [6.07, 6.45) is 1.75. The number of carbonyl (C=O) groups is 2. The second-order valence-electron chi connectivity index (χ2n) is 7.47. The van der Waals surface area contributed by atoms with Gasteiger partial charge in [0, 0.05) is 0 Å². The van der Waals surface area contributed by atoms with E-state index in [1.54, 1.807) is 30.3 Å². The first-order valence-electron chi connectivity index (χ1n) is 10.3. The molecule has 1 fully saturated rings. The number of hydrogen-bond acceptors (Lipinski definition) is 7. The van der Waals surface area contributed by atoms with Crippen molar-refractivity contribution in [2.24, 2.45) is 4.99 Å². The molecule has 2 N–H and O–H groups in total. The SMILES string of the molecule is COc1cc(C=C2SC(=Nc3cccc(C)c3C)NC2=O)ccc1OCc1ccc(C(=O)O)o1. The van der Waals surface area contributed by atoms with Gasteiger partial charge in [0.25, 0.3) is 5.91 Å². The van der Waals surface area contributed by atoms with Gasteiger partial charge in [-0.2, -0.15) is 0 Å². The lowest BCUT2D eigenvalue weighted by Gasteiger charge is -2.10. The number of furan rings is 1.